The molecular formula is C28H33N5O3. The molecule has 0 radical (unpaired) electrons. The number of benzene rings is 2. The third-order valence-electron chi connectivity index (χ3n) is 6.65. The van der Waals surface area contributed by atoms with Crippen molar-refractivity contribution in [3.05, 3.63) is 66.1 Å². The number of para-hydroxylation sites is 3. The molecule has 1 aliphatic rings. The Labute approximate surface area is 210 Å². The van der Waals surface area contributed by atoms with Crippen molar-refractivity contribution in [1.82, 2.24) is 24.8 Å². The van der Waals surface area contributed by atoms with E-state index in [-0.39, 0.29) is 11.9 Å². The van der Waals surface area contributed by atoms with Crippen molar-refractivity contribution in [3.63, 3.8) is 0 Å². The molecule has 0 saturated carbocycles. The number of aromatic nitrogens is 3. The van der Waals surface area contributed by atoms with Crippen molar-refractivity contribution in [2.45, 2.75) is 57.7 Å². The van der Waals surface area contributed by atoms with Crippen LogP contribution >= 0.6 is 0 Å². The number of imidazole rings is 1. The molecule has 2 N–H and O–H groups in total. The highest BCUT2D eigenvalue weighted by molar-refractivity contribution is 5.89. The maximum atomic E-state index is 14.0. The molecule has 2 atom stereocenters. The van der Waals surface area contributed by atoms with Crippen molar-refractivity contribution in [3.8, 4) is 0 Å². The predicted molar refractivity (Wildman–Crippen MR) is 140 cm³/mol. The predicted octanol–water partition coefficient (Wildman–Crippen LogP) is 4.85. The Hall–Kier alpha value is -3.81. The van der Waals surface area contributed by atoms with Crippen molar-refractivity contribution < 1.29 is 14.3 Å². The number of likely N-dealkylation sites (tertiary alicyclic amines) is 1. The molecule has 3 heterocycles. The van der Waals surface area contributed by atoms with Gasteiger partial charge in [0.05, 0.1) is 17.1 Å². The van der Waals surface area contributed by atoms with E-state index >= 15 is 0 Å². The Morgan fingerprint density at radius 3 is 2.69 bits per heavy atom. The molecule has 2 aromatic carbocycles. The number of nitrogens with one attached hydrogen (secondary N) is 2. The van der Waals surface area contributed by atoms with Gasteiger partial charge in [0.15, 0.2) is 0 Å². The summed E-state index contributed by atoms with van der Waals surface area (Å²) in [5.74, 6) is 0.653. The molecule has 8 nitrogen and oxygen atoms in total. The summed E-state index contributed by atoms with van der Waals surface area (Å²) < 4.78 is 7.57. The first-order chi connectivity index (χ1) is 17.2. The molecule has 188 valence electrons. The fourth-order valence-corrected chi connectivity index (χ4v) is 5.10. The molecule has 1 aliphatic heterocycles. The van der Waals surface area contributed by atoms with Crippen LogP contribution in [0, 0.1) is 0 Å². The second kappa shape index (κ2) is 9.33. The summed E-state index contributed by atoms with van der Waals surface area (Å²) in [6.45, 7) is 6.05. The van der Waals surface area contributed by atoms with E-state index in [9.17, 15) is 9.59 Å². The van der Waals surface area contributed by atoms with Crippen LogP contribution in [0.25, 0.3) is 21.9 Å². The summed E-state index contributed by atoms with van der Waals surface area (Å²) in [6, 6.07) is 15.0. The van der Waals surface area contributed by atoms with E-state index in [0.717, 1.165) is 46.2 Å². The monoisotopic (exact) mass is 487 g/mol. The van der Waals surface area contributed by atoms with E-state index in [0.29, 0.717) is 13.0 Å². The summed E-state index contributed by atoms with van der Waals surface area (Å²) >= 11 is 0. The molecule has 1 fully saturated rings. The zero-order valence-corrected chi connectivity index (χ0v) is 21.2. The average Bonchev–Trinajstić information content (AvgIpc) is 3.54. The van der Waals surface area contributed by atoms with Crippen LogP contribution in [0.15, 0.2) is 54.7 Å². The number of ether oxygens (including phenoxy) is 1. The molecule has 2 aromatic heterocycles. The Morgan fingerprint density at radius 1 is 1.17 bits per heavy atom. The molecule has 0 aliphatic carbocycles. The molecule has 2 amide bonds. The minimum atomic E-state index is -0.768. The van der Waals surface area contributed by atoms with Crippen LogP contribution in [0.1, 0.15) is 51.0 Å². The van der Waals surface area contributed by atoms with E-state index in [1.54, 1.807) is 0 Å². The lowest BCUT2D eigenvalue weighted by molar-refractivity contribution is -0.134. The van der Waals surface area contributed by atoms with Crippen LogP contribution < -0.4 is 5.32 Å². The van der Waals surface area contributed by atoms with Crippen LogP contribution in [0.2, 0.25) is 0 Å². The van der Waals surface area contributed by atoms with Crippen molar-refractivity contribution >= 4 is 33.9 Å². The van der Waals surface area contributed by atoms with Gasteiger partial charge in [-0.3, -0.25) is 4.79 Å². The van der Waals surface area contributed by atoms with Gasteiger partial charge in [-0.1, -0.05) is 30.3 Å². The van der Waals surface area contributed by atoms with Gasteiger partial charge in [0.1, 0.15) is 17.5 Å². The largest absolute Gasteiger partial charge is 0.444 e. The maximum Gasteiger partial charge on any atom is 0.408 e. The molecule has 4 aromatic rings. The number of alkyl carbamates (subject to hydrolysis) is 1. The number of carbonyl (C=O) groups excluding carboxylic acids is 2. The van der Waals surface area contributed by atoms with Gasteiger partial charge in [0.25, 0.3) is 0 Å². The van der Waals surface area contributed by atoms with Gasteiger partial charge in [-0.15, -0.1) is 0 Å². The maximum absolute atomic E-state index is 14.0. The molecule has 5 rings (SSSR count). The number of H-pyrrole nitrogens is 1. The van der Waals surface area contributed by atoms with Gasteiger partial charge >= 0.3 is 6.09 Å². The molecule has 0 bridgehead atoms. The standard InChI is InChI=1S/C28H33N5O3/c1-28(2,3)36-27(35)31-22(16-18-17-32(4)23-13-8-5-10-19(18)23)26(34)33-15-9-14-24(33)25-29-20-11-6-7-12-21(20)30-25/h5-8,10-13,17,22,24H,9,14-16H2,1-4H3,(H,29,30)(H,31,35)/t22-,24-/m0/s1. The number of hydrogen-bond donors (Lipinski definition) is 2. The van der Waals surface area contributed by atoms with Gasteiger partial charge in [0.2, 0.25) is 5.91 Å². The number of nitrogens with zero attached hydrogens (tertiary/aromatic N) is 3. The summed E-state index contributed by atoms with van der Waals surface area (Å²) in [6.07, 6.45) is 3.49. The normalized spacial score (nSPS) is 17.0. The summed E-state index contributed by atoms with van der Waals surface area (Å²) in [4.78, 5) is 36.8. The van der Waals surface area contributed by atoms with Crippen LogP contribution in [-0.2, 0) is 23.0 Å². The number of aromatic amines is 1. The number of carbonyl (C=O) groups is 2. The number of aryl methyl sites for hydroxylation is 1. The second-order valence-corrected chi connectivity index (χ2v) is 10.5. The lowest BCUT2D eigenvalue weighted by Gasteiger charge is -2.29. The Balaban J connectivity index is 1.45. The number of amides is 2. The van der Waals surface area contributed by atoms with E-state index < -0.39 is 17.7 Å². The molecule has 1 saturated heterocycles. The summed E-state index contributed by atoms with van der Waals surface area (Å²) in [7, 11) is 1.99. The van der Waals surface area contributed by atoms with Crippen LogP contribution in [0.5, 0.6) is 0 Å². The van der Waals surface area contributed by atoms with E-state index in [2.05, 4.69) is 16.4 Å². The van der Waals surface area contributed by atoms with Gasteiger partial charge in [-0.2, -0.15) is 0 Å². The highest BCUT2D eigenvalue weighted by Gasteiger charge is 2.37. The molecular weight excluding hydrogens is 454 g/mol. The fraction of sp³-hybridized carbons (Fsp3) is 0.393. The molecule has 8 heteroatoms. The Kier molecular flexibility index (Phi) is 6.20. The Bertz CT molecular complexity index is 1380. The topological polar surface area (TPSA) is 92.2 Å². The Morgan fingerprint density at radius 2 is 1.92 bits per heavy atom. The van der Waals surface area contributed by atoms with Crippen molar-refractivity contribution in [1.29, 1.82) is 0 Å². The number of rotatable bonds is 5. The van der Waals surface area contributed by atoms with E-state index in [4.69, 9.17) is 9.72 Å². The van der Waals surface area contributed by atoms with Crippen LogP contribution in [0.3, 0.4) is 0 Å². The first-order valence-corrected chi connectivity index (χ1v) is 12.5. The molecule has 36 heavy (non-hydrogen) atoms. The quantitative estimate of drug-likeness (QED) is 0.421. The number of hydrogen-bond acceptors (Lipinski definition) is 4. The van der Waals surface area contributed by atoms with Gasteiger partial charge < -0.3 is 24.5 Å². The first kappa shape index (κ1) is 23.9. The zero-order valence-electron chi connectivity index (χ0n) is 21.2. The summed E-state index contributed by atoms with van der Waals surface area (Å²) in [5.41, 5.74) is 3.25. The smallest absolute Gasteiger partial charge is 0.408 e. The van der Waals surface area contributed by atoms with Gasteiger partial charge in [-0.25, -0.2) is 9.78 Å². The van der Waals surface area contributed by atoms with E-state index in [1.165, 1.54) is 0 Å². The van der Waals surface area contributed by atoms with Crippen molar-refractivity contribution in [2.75, 3.05) is 6.54 Å². The highest BCUT2D eigenvalue weighted by atomic mass is 16.6. The summed E-state index contributed by atoms with van der Waals surface area (Å²) in [5, 5.41) is 3.95. The molecule has 0 unspecified atom stereocenters. The first-order valence-electron chi connectivity index (χ1n) is 12.5. The minimum Gasteiger partial charge on any atom is -0.444 e. The lowest BCUT2D eigenvalue weighted by Crippen LogP contribution is -2.50. The van der Waals surface area contributed by atoms with Crippen molar-refractivity contribution in [2.24, 2.45) is 7.05 Å². The minimum absolute atomic E-state index is 0.128. The van der Waals surface area contributed by atoms with Crippen LogP contribution in [-0.4, -0.2) is 49.6 Å². The lowest BCUT2D eigenvalue weighted by atomic mass is 10.0. The van der Waals surface area contributed by atoms with Gasteiger partial charge in [-0.05, 0) is 57.4 Å². The average molecular weight is 488 g/mol. The fourth-order valence-electron chi connectivity index (χ4n) is 5.10. The second-order valence-electron chi connectivity index (χ2n) is 10.5. The third-order valence-corrected chi connectivity index (χ3v) is 6.65. The number of fused-ring (bicyclic) bond motifs is 2. The zero-order chi connectivity index (χ0) is 25.4. The SMILES string of the molecule is Cn1cc(C[C@H](NC(=O)OC(C)(C)C)C(=O)N2CCC[C@H]2c2nc3ccccc3[nH]2)c2ccccc21. The third kappa shape index (κ3) is 4.80. The van der Waals surface area contributed by atoms with Gasteiger partial charge in [0, 0.05) is 37.1 Å². The van der Waals surface area contributed by atoms with E-state index in [1.807, 2.05) is 85.9 Å². The highest BCUT2D eigenvalue weighted by Crippen LogP contribution is 2.32. The molecule has 0 spiro atoms. The van der Waals surface area contributed by atoms with Crippen LogP contribution in [0.4, 0.5) is 4.79 Å².